The molecule has 0 unspecified atom stereocenters. The standard InChI is InChI=1S/C15H11Cl2N3O/c1-9-7-20-8-10(5-6-13(20)18-9)15(21)19-14-11(16)3-2-4-12(14)17/h2-8H,1H3,(H,19,21). The average Bonchev–Trinajstić information content (AvgIpc) is 2.81. The Morgan fingerprint density at radius 1 is 1.14 bits per heavy atom. The first-order valence-corrected chi connectivity index (χ1v) is 7.01. The van der Waals surface area contributed by atoms with Crippen molar-refractivity contribution >= 4 is 40.4 Å². The van der Waals surface area contributed by atoms with Crippen LogP contribution in [0.4, 0.5) is 5.69 Å². The van der Waals surface area contributed by atoms with E-state index in [1.807, 2.05) is 13.1 Å². The van der Waals surface area contributed by atoms with Crippen molar-refractivity contribution in [3.8, 4) is 0 Å². The molecule has 0 bridgehead atoms. The van der Waals surface area contributed by atoms with Crippen LogP contribution in [0.1, 0.15) is 16.1 Å². The van der Waals surface area contributed by atoms with Gasteiger partial charge in [-0.2, -0.15) is 0 Å². The molecule has 0 aliphatic rings. The molecule has 2 aromatic heterocycles. The minimum atomic E-state index is -0.279. The lowest BCUT2D eigenvalue weighted by molar-refractivity contribution is 0.102. The van der Waals surface area contributed by atoms with Gasteiger partial charge in [-0.25, -0.2) is 4.98 Å². The van der Waals surface area contributed by atoms with Gasteiger partial charge in [-0.15, -0.1) is 0 Å². The summed E-state index contributed by atoms with van der Waals surface area (Å²) in [5, 5.41) is 3.53. The Kier molecular flexibility index (Phi) is 3.57. The van der Waals surface area contributed by atoms with Gasteiger partial charge in [-0.3, -0.25) is 4.79 Å². The maximum absolute atomic E-state index is 12.3. The van der Waals surface area contributed by atoms with Crippen LogP contribution in [-0.2, 0) is 0 Å². The molecule has 1 aromatic carbocycles. The van der Waals surface area contributed by atoms with Gasteiger partial charge in [-0.05, 0) is 31.2 Å². The van der Waals surface area contributed by atoms with E-state index in [-0.39, 0.29) is 5.91 Å². The van der Waals surface area contributed by atoms with Gasteiger partial charge in [0, 0.05) is 12.4 Å². The molecule has 0 radical (unpaired) electrons. The number of nitrogens with one attached hydrogen (secondary N) is 1. The zero-order valence-corrected chi connectivity index (χ0v) is 12.6. The summed E-state index contributed by atoms with van der Waals surface area (Å²) in [5.41, 5.74) is 2.59. The topological polar surface area (TPSA) is 46.4 Å². The Bertz CT molecular complexity index is 822. The maximum atomic E-state index is 12.3. The first-order chi connectivity index (χ1) is 10.0. The SMILES string of the molecule is Cc1cn2cc(C(=O)Nc3c(Cl)cccc3Cl)ccc2n1. The van der Waals surface area contributed by atoms with Crippen LogP contribution in [0, 0.1) is 6.92 Å². The summed E-state index contributed by atoms with van der Waals surface area (Å²) in [6, 6.07) is 8.57. The number of fused-ring (bicyclic) bond motifs is 1. The third-order valence-corrected chi connectivity index (χ3v) is 3.66. The van der Waals surface area contributed by atoms with Gasteiger partial charge >= 0.3 is 0 Å². The van der Waals surface area contributed by atoms with Crippen molar-refractivity contribution in [2.45, 2.75) is 6.92 Å². The van der Waals surface area contributed by atoms with Crippen molar-refractivity contribution in [2.75, 3.05) is 5.32 Å². The van der Waals surface area contributed by atoms with E-state index in [4.69, 9.17) is 23.2 Å². The molecule has 0 saturated heterocycles. The van der Waals surface area contributed by atoms with E-state index in [9.17, 15) is 4.79 Å². The molecule has 2 heterocycles. The minimum Gasteiger partial charge on any atom is -0.319 e. The van der Waals surface area contributed by atoms with E-state index < -0.39 is 0 Å². The maximum Gasteiger partial charge on any atom is 0.257 e. The zero-order valence-electron chi connectivity index (χ0n) is 11.1. The fourth-order valence-electron chi connectivity index (χ4n) is 2.06. The predicted octanol–water partition coefficient (Wildman–Crippen LogP) is 4.20. The fraction of sp³-hybridized carbons (Fsp3) is 0.0667. The number of halogens is 2. The van der Waals surface area contributed by atoms with Gasteiger partial charge in [0.2, 0.25) is 0 Å². The van der Waals surface area contributed by atoms with Crippen molar-refractivity contribution in [1.82, 2.24) is 9.38 Å². The van der Waals surface area contributed by atoms with Crippen LogP contribution < -0.4 is 5.32 Å². The number of nitrogens with zero attached hydrogens (tertiary/aromatic N) is 2. The smallest absolute Gasteiger partial charge is 0.257 e. The highest BCUT2D eigenvalue weighted by molar-refractivity contribution is 6.40. The predicted molar refractivity (Wildman–Crippen MR) is 84.3 cm³/mol. The average molecular weight is 320 g/mol. The van der Waals surface area contributed by atoms with Crippen molar-refractivity contribution in [3.05, 3.63) is 64.0 Å². The Morgan fingerprint density at radius 3 is 2.57 bits per heavy atom. The molecule has 1 N–H and O–H groups in total. The largest absolute Gasteiger partial charge is 0.319 e. The minimum absolute atomic E-state index is 0.279. The van der Waals surface area contributed by atoms with Crippen LogP contribution in [0.5, 0.6) is 0 Å². The van der Waals surface area contributed by atoms with Gasteiger partial charge in [0.05, 0.1) is 27.0 Å². The Hall–Kier alpha value is -2.04. The second-order valence-corrected chi connectivity index (χ2v) is 5.43. The summed E-state index contributed by atoms with van der Waals surface area (Å²) >= 11 is 12.1. The third-order valence-electron chi connectivity index (χ3n) is 3.03. The number of para-hydroxylation sites is 1. The van der Waals surface area contributed by atoms with Crippen LogP contribution in [0.25, 0.3) is 5.65 Å². The van der Waals surface area contributed by atoms with Crippen LogP contribution in [-0.4, -0.2) is 15.3 Å². The molecule has 1 amide bonds. The second-order valence-electron chi connectivity index (χ2n) is 4.62. The summed E-state index contributed by atoms with van der Waals surface area (Å²) in [7, 11) is 0. The summed E-state index contributed by atoms with van der Waals surface area (Å²) in [6.45, 7) is 1.90. The number of benzene rings is 1. The van der Waals surface area contributed by atoms with E-state index >= 15 is 0 Å². The fourth-order valence-corrected chi connectivity index (χ4v) is 2.55. The van der Waals surface area contributed by atoms with E-state index in [1.165, 1.54) is 0 Å². The molecular weight excluding hydrogens is 309 g/mol. The molecular formula is C15H11Cl2N3O. The van der Waals surface area contributed by atoms with Crippen LogP contribution in [0.2, 0.25) is 10.0 Å². The molecule has 0 aliphatic heterocycles. The third kappa shape index (κ3) is 2.73. The molecule has 3 rings (SSSR count). The highest BCUT2D eigenvalue weighted by Gasteiger charge is 2.12. The number of carbonyl (C=O) groups is 1. The number of anilines is 1. The number of hydrogen-bond donors (Lipinski definition) is 1. The normalized spacial score (nSPS) is 10.8. The molecule has 0 saturated carbocycles. The number of aryl methyl sites for hydroxylation is 1. The lowest BCUT2D eigenvalue weighted by Crippen LogP contribution is -2.13. The molecule has 21 heavy (non-hydrogen) atoms. The molecule has 106 valence electrons. The highest BCUT2D eigenvalue weighted by atomic mass is 35.5. The first kappa shape index (κ1) is 13.9. The molecule has 0 aliphatic carbocycles. The molecule has 0 atom stereocenters. The van der Waals surface area contributed by atoms with Gasteiger partial charge < -0.3 is 9.72 Å². The van der Waals surface area contributed by atoms with Gasteiger partial charge in [0.25, 0.3) is 5.91 Å². The summed E-state index contributed by atoms with van der Waals surface area (Å²) in [6.07, 6.45) is 3.57. The Morgan fingerprint density at radius 2 is 1.86 bits per heavy atom. The Balaban J connectivity index is 1.93. The summed E-state index contributed by atoms with van der Waals surface area (Å²) in [5.74, 6) is -0.279. The molecule has 3 aromatic rings. The number of imidazole rings is 1. The number of pyridine rings is 1. The number of aromatic nitrogens is 2. The van der Waals surface area contributed by atoms with Crippen molar-refractivity contribution in [2.24, 2.45) is 0 Å². The molecule has 0 spiro atoms. The molecule has 4 nitrogen and oxygen atoms in total. The van der Waals surface area contributed by atoms with Crippen molar-refractivity contribution < 1.29 is 4.79 Å². The van der Waals surface area contributed by atoms with Crippen LogP contribution in [0.15, 0.2) is 42.7 Å². The van der Waals surface area contributed by atoms with E-state index in [0.29, 0.717) is 21.3 Å². The first-order valence-electron chi connectivity index (χ1n) is 6.25. The Labute approximate surface area is 131 Å². The van der Waals surface area contributed by atoms with Gasteiger partial charge in [-0.1, -0.05) is 29.3 Å². The number of carbonyl (C=O) groups excluding carboxylic acids is 1. The van der Waals surface area contributed by atoms with E-state index in [0.717, 1.165) is 11.3 Å². The van der Waals surface area contributed by atoms with E-state index in [1.54, 1.807) is 40.9 Å². The van der Waals surface area contributed by atoms with Gasteiger partial charge in [0.1, 0.15) is 5.65 Å². The number of amides is 1. The van der Waals surface area contributed by atoms with Crippen LogP contribution >= 0.6 is 23.2 Å². The second kappa shape index (κ2) is 5.39. The monoisotopic (exact) mass is 319 g/mol. The van der Waals surface area contributed by atoms with E-state index in [2.05, 4.69) is 10.3 Å². The number of hydrogen-bond acceptors (Lipinski definition) is 2. The van der Waals surface area contributed by atoms with Crippen molar-refractivity contribution in [3.63, 3.8) is 0 Å². The lowest BCUT2D eigenvalue weighted by Gasteiger charge is -2.09. The van der Waals surface area contributed by atoms with Gasteiger partial charge in [0.15, 0.2) is 0 Å². The highest BCUT2D eigenvalue weighted by Crippen LogP contribution is 2.30. The quantitative estimate of drug-likeness (QED) is 0.769. The van der Waals surface area contributed by atoms with Crippen molar-refractivity contribution in [1.29, 1.82) is 0 Å². The molecule has 0 fully saturated rings. The zero-order chi connectivity index (χ0) is 15.0. The number of rotatable bonds is 2. The molecule has 6 heteroatoms. The summed E-state index contributed by atoms with van der Waals surface area (Å²) in [4.78, 5) is 16.6. The van der Waals surface area contributed by atoms with Crippen LogP contribution in [0.3, 0.4) is 0 Å². The lowest BCUT2D eigenvalue weighted by atomic mass is 10.2. The summed E-state index contributed by atoms with van der Waals surface area (Å²) < 4.78 is 1.80.